The van der Waals surface area contributed by atoms with Crippen molar-refractivity contribution in [3.8, 4) is 0 Å². The Kier molecular flexibility index (Phi) is 7.70. The summed E-state index contributed by atoms with van der Waals surface area (Å²) in [5, 5.41) is 3.12. The van der Waals surface area contributed by atoms with Gasteiger partial charge in [0.2, 0.25) is 0 Å². The Balaban J connectivity index is -0.000000270. The van der Waals surface area contributed by atoms with Crippen molar-refractivity contribution in [3.05, 3.63) is 45.5 Å². The summed E-state index contributed by atoms with van der Waals surface area (Å²) in [6.07, 6.45) is 0. The summed E-state index contributed by atoms with van der Waals surface area (Å²) < 4.78 is 0. The SMILES string of the molecule is Cc1c[c-]([SiH3])c(C)c1C.Cc1c[c-]([SiH3])c(C)c1C.[H-].[H-].[Hf+4]. The molecule has 0 N–H and O–H groups in total. The smallest absolute Gasteiger partial charge is 1.00 e. The monoisotopic (exact) mass is 456 g/mol. The molecule has 2 aromatic rings. The van der Waals surface area contributed by atoms with E-state index in [1.54, 1.807) is 10.4 Å². The molecule has 2 aromatic carbocycles. The molecule has 0 amide bonds. The van der Waals surface area contributed by atoms with Crippen molar-refractivity contribution in [2.45, 2.75) is 41.5 Å². The van der Waals surface area contributed by atoms with E-state index < -0.39 is 0 Å². The largest absolute Gasteiger partial charge is 4.00 e. The van der Waals surface area contributed by atoms with E-state index in [9.17, 15) is 0 Å². The molecule has 0 aromatic heterocycles. The van der Waals surface area contributed by atoms with Crippen molar-refractivity contribution in [1.29, 1.82) is 0 Å². The second-order valence-corrected chi connectivity index (χ2v) is 7.68. The van der Waals surface area contributed by atoms with Crippen LogP contribution in [0.5, 0.6) is 0 Å². The van der Waals surface area contributed by atoms with E-state index in [0.717, 1.165) is 0 Å². The molecule has 0 aliphatic carbocycles. The minimum Gasteiger partial charge on any atom is -1.00 e. The maximum atomic E-state index is 2.30. The van der Waals surface area contributed by atoms with Gasteiger partial charge in [-0.05, 0) is 20.5 Å². The Labute approximate surface area is 146 Å². The van der Waals surface area contributed by atoms with Crippen LogP contribution in [0.1, 0.15) is 36.2 Å². The molecule has 0 saturated heterocycles. The van der Waals surface area contributed by atoms with Gasteiger partial charge in [-0.3, -0.25) is 0 Å². The Hall–Kier alpha value is 0.00390. The molecule has 0 bridgehead atoms. The zero-order chi connectivity index (χ0) is 14.0. The zero-order valence-electron chi connectivity index (χ0n) is 15.7. The second kappa shape index (κ2) is 7.70. The maximum Gasteiger partial charge on any atom is 4.00 e. The molecule has 0 fully saturated rings. The molecule has 2 rings (SSSR count). The van der Waals surface area contributed by atoms with Crippen LogP contribution in [0, 0.1) is 41.5 Å². The predicted octanol–water partition coefficient (Wildman–Crippen LogP) is 0.865. The summed E-state index contributed by atoms with van der Waals surface area (Å²) in [6.45, 7) is 13.2. The zero-order valence-corrected chi connectivity index (χ0v) is 21.2. The van der Waals surface area contributed by atoms with E-state index in [2.05, 4.69) is 53.7 Å². The van der Waals surface area contributed by atoms with Gasteiger partial charge in [0, 0.05) is 0 Å². The molecule has 3 heteroatoms. The standard InChI is InChI=1S/2C8H13Si.Hf.2H/c2*1-5-4-8(9)7(3)6(5)2;;;/h2*4H,1-3,9H3;;;/q2*-1;+4;2*-1. The van der Waals surface area contributed by atoms with Gasteiger partial charge in [-0.2, -0.15) is 55.9 Å². The van der Waals surface area contributed by atoms with Crippen LogP contribution in [-0.2, 0) is 25.8 Å². The van der Waals surface area contributed by atoms with Crippen LogP contribution in [0.4, 0.5) is 0 Å². The minimum absolute atomic E-state index is 0. The van der Waals surface area contributed by atoms with Crippen LogP contribution in [0.3, 0.4) is 0 Å². The van der Waals surface area contributed by atoms with Gasteiger partial charge in [0.1, 0.15) is 0 Å². The average molecular weight is 455 g/mol. The molecule has 0 radical (unpaired) electrons. The fraction of sp³-hybridized carbons (Fsp3) is 0.375. The van der Waals surface area contributed by atoms with Gasteiger partial charge in [0.15, 0.2) is 0 Å². The van der Waals surface area contributed by atoms with Gasteiger partial charge in [0.25, 0.3) is 0 Å². The normalized spacial score (nSPS) is 10.0. The quantitative estimate of drug-likeness (QED) is 0.409. The third kappa shape index (κ3) is 4.50. The first-order valence-corrected chi connectivity index (χ1v) is 8.65. The van der Waals surface area contributed by atoms with Gasteiger partial charge < -0.3 is 2.85 Å². The first-order valence-electron chi connectivity index (χ1n) is 6.65. The summed E-state index contributed by atoms with van der Waals surface area (Å²) >= 11 is 0. The summed E-state index contributed by atoms with van der Waals surface area (Å²) in [4.78, 5) is 0. The topological polar surface area (TPSA) is 0 Å². The van der Waals surface area contributed by atoms with E-state index >= 15 is 0 Å². The summed E-state index contributed by atoms with van der Waals surface area (Å²) in [7, 11) is 2.39. The van der Waals surface area contributed by atoms with Crippen LogP contribution >= 0.6 is 0 Å². The van der Waals surface area contributed by atoms with Crippen LogP contribution in [0.2, 0.25) is 0 Å². The van der Waals surface area contributed by atoms with Crippen LogP contribution in [0.15, 0.2) is 12.1 Å². The van der Waals surface area contributed by atoms with E-state index in [1.807, 2.05) is 0 Å². The average Bonchev–Trinajstić information content (AvgIpc) is 2.66. The van der Waals surface area contributed by atoms with Crippen LogP contribution < -0.4 is 10.4 Å². The first kappa shape index (κ1) is 19.0. The molecule has 0 spiro atoms. The predicted molar refractivity (Wildman–Crippen MR) is 93.9 cm³/mol. The molecule has 0 aliphatic rings. The summed E-state index contributed by atoms with van der Waals surface area (Å²) in [5.41, 5.74) is 8.91. The summed E-state index contributed by atoms with van der Waals surface area (Å²) in [5.74, 6) is 0. The molecule has 0 unspecified atom stereocenters. The number of aryl methyl sites for hydroxylation is 2. The van der Waals surface area contributed by atoms with Crippen LogP contribution in [0.25, 0.3) is 0 Å². The van der Waals surface area contributed by atoms with E-state index in [0.29, 0.717) is 0 Å². The Morgan fingerprint density at radius 3 is 1.05 bits per heavy atom. The van der Waals surface area contributed by atoms with Crippen molar-refractivity contribution < 1.29 is 28.7 Å². The molecular weight excluding hydrogens is 427 g/mol. The Bertz CT molecular complexity index is 462. The van der Waals surface area contributed by atoms with Crippen molar-refractivity contribution in [3.63, 3.8) is 0 Å². The Morgan fingerprint density at radius 1 is 0.737 bits per heavy atom. The molecule has 0 atom stereocenters. The van der Waals surface area contributed by atoms with E-state index in [-0.39, 0.29) is 28.7 Å². The third-order valence-corrected chi connectivity index (χ3v) is 6.43. The first-order chi connectivity index (χ1) is 8.25. The van der Waals surface area contributed by atoms with Crippen molar-refractivity contribution >= 4 is 30.9 Å². The van der Waals surface area contributed by atoms with Crippen LogP contribution in [-0.4, -0.2) is 20.5 Å². The number of hydrogen-bond donors (Lipinski definition) is 0. The van der Waals surface area contributed by atoms with E-state index in [1.165, 1.54) is 53.9 Å². The third-order valence-electron chi connectivity index (χ3n) is 4.36. The van der Waals surface area contributed by atoms with Gasteiger partial charge in [-0.15, -0.1) is 0 Å². The Morgan fingerprint density at radius 2 is 1.00 bits per heavy atom. The molecule has 104 valence electrons. The van der Waals surface area contributed by atoms with Gasteiger partial charge >= 0.3 is 25.8 Å². The van der Waals surface area contributed by atoms with Crippen molar-refractivity contribution in [1.82, 2.24) is 0 Å². The molecular formula is C16H28HfSi2. The minimum atomic E-state index is 0. The molecule has 19 heavy (non-hydrogen) atoms. The van der Waals surface area contributed by atoms with Gasteiger partial charge in [-0.25, -0.2) is 0 Å². The number of hydrogen-bond acceptors (Lipinski definition) is 0. The fourth-order valence-electron chi connectivity index (χ4n) is 2.27. The van der Waals surface area contributed by atoms with Gasteiger partial charge in [0.05, 0.1) is 0 Å². The number of rotatable bonds is 0. The summed E-state index contributed by atoms with van der Waals surface area (Å²) in [6, 6.07) is 4.60. The second-order valence-electron chi connectivity index (χ2n) is 5.52. The molecule has 0 aliphatic heterocycles. The molecule has 0 heterocycles. The molecule has 0 saturated carbocycles. The molecule has 0 nitrogen and oxygen atoms in total. The maximum absolute atomic E-state index is 2.30. The van der Waals surface area contributed by atoms with Crippen molar-refractivity contribution in [2.75, 3.05) is 0 Å². The van der Waals surface area contributed by atoms with Gasteiger partial charge in [-0.1, -0.05) is 41.5 Å². The van der Waals surface area contributed by atoms with E-state index in [4.69, 9.17) is 0 Å². The van der Waals surface area contributed by atoms with Crippen molar-refractivity contribution in [2.24, 2.45) is 0 Å². The fourth-order valence-corrected chi connectivity index (χ4v) is 3.88.